The summed E-state index contributed by atoms with van der Waals surface area (Å²) in [7, 11) is 3.27. The second kappa shape index (κ2) is 11.5. The Morgan fingerprint density at radius 2 is 1.81 bits per heavy atom. The molecule has 0 atom stereocenters. The van der Waals surface area contributed by atoms with E-state index in [1.807, 2.05) is 26.0 Å². The number of nitrogens with one attached hydrogen (secondary N) is 2. The number of ether oxygens (including phenoxy) is 2. The normalized spacial score (nSPS) is 10.7. The lowest BCUT2D eigenvalue weighted by Gasteiger charge is -2.14. The summed E-state index contributed by atoms with van der Waals surface area (Å²) in [6.07, 6.45) is 0. The van der Waals surface area contributed by atoms with E-state index in [0.29, 0.717) is 30.4 Å². The molecule has 0 spiro atoms. The number of aliphatic imine (C=N–C) groups is 1. The van der Waals surface area contributed by atoms with E-state index in [1.165, 1.54) is 0 Å². The average molecular weight is 485 g/mol. The number of halogens is 1. The fourth-order valence-corrected chi connectivity index (χ4v) is 2.50. The number of hydrogen-bond donors (Lipinski definition) is 3. The summed E-state index contributed by atoms with van der Waals surface area (Å²) < 4.78 is 10.6. The Bertz CT molecular complexity index is 766. The molecule has 0 aliphatic carbocycles. The van der Waals surface area contributed by atoms with Crippen LogP contribution in [0.1, 0.15) is 23.6 Å². The molecular weight excluding hydrogens is 457 g/mol. The lowest BCUT2D eigenvalue weighted by atomic mass is 10.1. The molecule has 0 saturated carbocycles. The van der Waals surface area contributed by atoms with Crippen molar-refractivity contribution in [1.82, 2.24) is 10.6 Å². The number of guanidine groups is 1. The molecule has 3 N–H and O–H groups in total. The van der Waals surface area contributed by atoms with Gasteiger partial charge in [0.2, 0.25) is 0 Å². The van der Waals surface area contributed by atoms with Gasteiger partial charge in [-0.05, 0) is 43.7 Å². The number of hydrogen-bond acceptors (Lipinski definition) is 4. The molecule has 0 aliphatic heterocycles. The Morgan fingerprint density at radius 3 is 2.48 bits per heavy atom. The molecule has 0 heterocycles. The molecule has 7 heteroatoms. The number of rotatable bonds is 7. The van der Waals surface area contributed by atoms with E-state index in [2.05, 4.69) is 21.7 Å². The summed E-state index contributed by atoms with van der Waals surface area (Å²) in [5.74, 6) is 2.40. The van der Waals surface area contributed by atoms with Crippen molar-refractivity contribution in [2.24, 2.45) is 4.99 Å². The van der Waals surface area contributed by atoms with Crippen LogP contribution in [0.25, 0.3) is 0 Å². The third kappa shape index (κ3) is 6.82. The number of phenolic OH excluding ortho intramolecular Hbond substituents is 1. The van der Waals surface area contributed by atoms with Gasteiger partial charge in [-0.2, -0.15) is 0 Å². The molecule has 0 unspecified atom stereocenters. The second-order valence-electron chi connectivity index (χ2n) is 5.86. The van der Waals surface area contributed by atoms with Gasteiger partial charge in [-0.1, -0.05) is 12.1 Å². The quantitative estimate of drug-likeness (QED) is 0.318. The van der Waals surface area contributed by atoms with E-state index in [-0.39, 0.29) is 29.7 Å². The zero-order valence-corrected chi connectivity index (χ0v) is 18.5. The van der Waals surface area contributed by atoms with E-state index < -0.39 is 0 Å². The highest BCUT2D eigenvalue weighted by atomic mass is 127. The lowest BCUT2D eigenvalue weighted by Crippen LogP contribution is -2.36. The third-order valence-corrected chi connectivity index (χ3v) is 3.93. The minimum atomic E-state index is 0. The molecule has 27 heavy (non-hydrogen) atoms. The van der Waals surface area contributed by atoms with Crippen LogP contribution in [0.4, 0.5) is 0 Å². The number of phenols is 1. The Hall–Kier alpha value is -2.16. The van der Waals surface area contributed by atoms with Gasteiger partial charge >= 0.3 is 0 Å². The second-order valence-corrected chi connectivity index (χ2v) is 5.86. The van der Waals surface area contributed by atoms with E-state index in [4.69, 9.17) is 9.47 Å². The maximum atomic E-state index is 9.99. The van der Waals surface area contributed by atoms with Gasteiger partial charge in [0.25, 0.3) is 0 Å². The average Bonchev–Trinajstić information content (AvgIpc) is 2.65. The summed E-state index contributed by atoms with van der Waals surface area (Å²) in [4.78, 5) is 4.55. The van der Waals surface area contributed by atoms with E-state index in [0.717, 1.165) is 23.4 Å². The van der Waals surface area contributed by atoms with E-state index in [9.17, 15) is 5.11 Å². The van der Waals surface area contributed by atoms with Crippen LogP contribution >= 0.6 is 24.0 Å². The lowest BCUT2D eigenvalue weighted by molar-refractivity contribution is 0.408. The molecule has 0 amide bonds. The van der Waals surface area contributed by atoms with Crippen LogP contribution in [-0.4, -0.2) is 31.8 Å². The molecule has 0 fully saturated rings. The Balaban J connectivity index is 0.00000364. The van der Waals surface area contributed by atoms with Crippen molar-refractivity contribution in [3.05, 3.63) is 53.1 Å². The first kappa shape index (κ1) is 22.9. The highest BCUT2D eigenvalue weighted by molar-refractivity contribution is 14.0. The fraction of sp³-hybridized carbons (Fsp3) is 0.350. The minimum Gasteiger partial charge on any atom is -0.508 e. The van der Waals surface area contributed by atoms with Crippen molar-refractivity contribution in [3.63, 3.8) is 0 Å². The van der Waals surface area contributed by atoms with Crippen LogP contribution in [-0.2, 0) is 13.1 Å². The predicted octanol–water partition coefficient (Wildman–Crippen LogP) is 3.59. The first-order chi connectivity index (χ1) is 12.6. The van der Waals surface area contributed by atoms with Crippen molar-refractivity contribution in [2.45, 2.75) is 26.9 Å². The number of nitrogens with zero attached hydrogens (tertiary/aromatic N) is 1. The Labute approximate surface area is 178 Å². The maximum absolute atomic E-state index is 9.99. The summed E-state index contributed by atoms with van der Waals surface area (Å²) in [6.45, 7) is 5.70. The number of aryl methyl sites for hydroxylation is 1. The SMILES string of the molecule is CCNC(=NCc1cc(OC)ccc1O)NCc1ccc(C)cc1OC.I. The first-order valence-corrected chi connectivity index (χ1v) is 8.59. The standard InChI is InChI=1S/C20H27N3O3.HI/c1-5-21-20(22-12-15-7-6-14(2)10-19(15)26-4)23-13-16-11-17(25-3)8-9-18(16)24;/h6-11,24H,5,12-13H2,1-4H3,(H2,21,22,23);1H. The van der Waals surface area contributed by atoms with Crippen molar-refractivity contribution < 1.29 is 14.6 Å². The van der Waals surface area contributed by atoms with E-state index in [1.54, 1.807) is 32.4 Å². The van der Waals surface area contributed by atoms with Gasteiger partial charge in [0.1, 0.15) is 17.2 Å². The molecular formula is C20H28IN3O3. The summed E-state index contributed by atoms with van der Waals surface area (Å²) >= 11 is 0. The van der Waals surface area contributed by atoms with Gasteiger partial charge in [-0.15, -0.1) is 24.0 Å². The summed E-state index contributed by atoms with van der Waals surface area (Å²) in [5, 5.41) is 16.5. The van der Waals surface area contributed by atoms with Gasteiger partial charge in [0.05, 0.1) is 20.8 Å². The van der Waals surface area contributed by atoms with Crippen LogP contribution in [0.15, 0.2) is 41.4 Å². The molecule has 0 saturated heterocycles. The van der Waals surface area contributed by atoms with Crippen molar-refractivity contribution in [2.75, 3.05) is 20.8 Å². The molecule has 148 valence electrons. The Kier molecular flexibility index (Phi) is 9.77. The Morgan fingerprint density at radius 1 is 1.04 bits per heavy atom. The molecule has 2 rings (SSSR count). The van der Waals surface area contributed by atoms with Crippen molar-refractivity contribution >= 4 is 29.9 Å². The smallest absolute Gasteiger partial charge is 0.191 e. The van der Waals surface area contributed by atoms with Gasteiger partial charge in [0.15, 0.2) is 5.96 Å². The van der Waals surface area contributed by atoms with Crippen LogP contribution in [0.5, 0.6) is 17.2 Å². The predicted molar refractivity (Wildman–Crippen MR) is 119 cm³/mol. The molecule has 2 aromatic rings. The maximum Gasteiger partial charge on any atom is 0.191 e. The topological polar surface area (TPSA) is 75.1 Å². The van der Waals surface area contributed by atoms with Crippen molar-refractivity contribution in [1.29, 1.82) is 0 Å². The third-order valence-electron chi connectivity index (χ3n) is 3.93. The zero-order valence-electron chi connectivity index (χ0n) is 16.2. The summed E-state index contributed by atoms with van der Waals surface area (Å²) in [6, 6.07) is 11.2. The highest BCUT2D eigenvalue weighted by Crippen LogP contribution is 2.23. The first-order valence-electron chi connectivity index (χ1n) is 8.59. The van der Waals surface area contributed by atoms with Crippen LogP contribution < -0.4 is 20.1 Å². The minimum absolute atomic E-state index is 0. The summed E-state index contributed by atoms with van der Waals surface area (Å²) in [5.41, 5.74) is 2.90. The zero-order chi connectivity index (χ0) is 18.9. The van der Waals surface area contributed by atoms with Crippen LogP contribution in [0, 0.1) is 6.92 Å². The highest BCUT2D eigenvalue weighted by Gasteiger charge is 2.06. The van der Waals surface area contributed by atoms with Gasteiger partial charge in [-0.25, -0.2) is 4.99 Å². The molecule has 0 aromatic heterocycles. The molecule has 0 bridgehead atoms. The largest absolute Gasteiger partial charge is 0.508 e. The monoisotopic (exact) mass is 485 g/mol. The van der Waals surface area contributed by atoms with Crippen LogP contribution in [0.3, 0.4) is 0 Å². The van der Waals surface area contributed by atoms with Crippen molar-refractivity contribution in [3.8, 4) is 17.2 Å². The molecule has 2 aromatic carbocycles. The molecule has 0 aliphatic rings. The van der Waals surface area contributed by atoms with E-state index >= 15 is 0 Å². The number of aromatic hydroxyl groups is 1. The van der Waals surface area contributed by atoms with Crippen LogP contribution in [0.2, 0.25) is 0 Å². The fourth-order valence-electron chi connectivity index (χ4n) is 2.50. The van der Waals surface area contributed by atoms with Gasteiger partial charge < -0.3 is 25.2 Å². The number of benzene rings is 2. The number of methoxy groups -OCH3 is 2. The van der Waals surface area contributed by atoms with Gasteiger partial charge in [0, 0.05) is 24.2 Å². The molecule has 6 nitrogen and oxygen atoms in total. The van der Waals surface area contributed by atoms with Gasteiger partial charge in [-0.3, -0.25) is 0 Å². The molecule has 0 radical (unpaired) electrons.